The first-order valence-electron chi connectivity index (χ1n) is 10.1. The van der Waals surface area contributed by atoms with Gasteiger partial charge in [-0.2, -0.15) is 0 Å². The van der Waals surface area contributed by atoms with Gasteiger partial charge in [0.05, 0.1) is 6.54 Å². The molecule has 6 heteroatoms. The highest BCUT2D eigenvalue weighted by molar-refractivity contribution is 5.76. The van der Waals surface area contributed by atoms with E-state index >= 15 is 0 Å². The van der Waals surface area contributed by atoms with Crippen molar-refractivity contribution in [3.8, 4) is 0 Å². The minimum atomic E-state index is -0.259. The summed E-state index contributed by atoms with van der Waals surface area (Å²) < 4.78 is 0. The molecule has 0 spiro atoms. The molecular formula is C21H32N4O2. The second-order valence-corrected chi connectivity index (χ2v) is 8.00. The number of piperidine rings is 1. The number of nitrogens with one attached hydrogen (secondary N) is 1. The van der Waals surface area contributed by atoms with E-state index < -0.39 is 0 Å². The van der Waals surface area contributed by atoms with E-state index in [1.54, 1.807) is 0 Å². The van der Waals surface area contributed by atoms with Crippen molar-refractivity contribution >= 4 is 11.8 Å². The van der Waals surface area contributed by atoms with E-state index in [1.165, 1.54) is 5.56 Å². The van der Waals surface area contributed by atoms with Crippen molar-refractivity contribution in [2.75, 3.05) is 32.7 Å². The molecule has 0 saturated carbocycles. The van der Waals surface area contributed by atoms with Crippen molar-refractivity contribution in [3.05, 3.63) is 35.9 Å². The molecule has 27 heavy (non-hydrogen) atoms. The standard InChI is InChI=1S/C21H32N4O2/c22-20(26)16-24-11-8-17(9-12-24)6-7-21(27)23-19-10-13-25(15-19)14-18-4-2-1-3-5-18/h1-5,17,19H,6-16H2,(H2,22,26)(H,23,27)/t19-/m1/s1. The average molecular weight is 373 g/mol. The number of likely N-dealkylation sites (tertiary alicyclic amines) is 2. The van der Waals surface area contributed by atoms with E-state index in [4.69, 9.17) is 5.73 Å². The number of rotatable bonds is 8. The van der Waals surface area contributed by atoms with Crippen LogP contribution in [0, 0.1) is 5.92 Å². The van der Waals surface area contributed by atoms with Gasteiger partial charge in [0.2, 0.25) is 11.8 Å². The quantitative estimate of drug-likeness (QED) is 0.722. The number of nitrogens with zero attached hydrogens (tertiary/aromatic N) is 2. The van der Waals surface area contributed by atoms with Crippen LogP contribution in [0.2, 0.25) is 0 Å². The number of carbonyl (C=O) groups is 2. The van der Waals surface area contributed by atoms with Crippen LogP contribution >= 0.6 is 0 Å². The molecule has 2 amide bonds. The molecule has 2 aliphatic heterocycles. The Bertz CT molecular complexity index is 614. The molecule has 2 fully saturated rings. The van der Waals surface area contributed by atoms with Gasteiger partial charge in [0.1, 0.15) is 0 Å². The van der Waals surface area contributed by atoms with E-state index in [0.29, 0.717) is 18.9 Å². The fourth-order valence-electron chi connectivity index (χ4n) is 4.22. The summed E-state index contributed by atoms with van der Waals surface area (Å²) in [5, 5.41) is 3.22. The Kier molecular flexibility index (Phi) is 7.24. The molecule has 2 heterocycles. The van der Waals surface area contributed by atoms with Crippen LogP contribution in [0.5, 0.6) is 0 Å². The highest BCUT2D eigenvalue weighted by atomic mass is 16.2. The van der Waals surface area contributed by atoms with Crippen molar-refractivity contribution in [3.63, 3.8) is 0 Å². The number of nitrogens with two attached hydrogens (primary N) is 1. The van der Waals surface area contributed by atoms with Gasteiger partial charge in [0.25, 0.3) is 0 Å². The first-order chi connectivity index (χ1) is 13.1. The second kappa shape index (κ2) is 9.85. The lowest BCUT2D eigenvalue weighted by atomic mass is 9.92. The number of hydrogen-bond donors (Lipinski definition) is 2. The van der Waals surface area contributed by atoms with E-state index in [0.717, 1.165) is 58.4 Å². The third-order valence-electron chi connectivity index (χ3n) is 5.75. The highest BCUT2D eigenvalue weighted by Crippen LogP contribution is 2.22. The van der Waals surface area contributed by atoms with Crippen molar-refractivity contribution in [1.82, 2.24) is 15.1 Å². The zero-order valence-electron chi connectivity index (χ0n) is 16.1. The summed E-state index contributed by atoms with van der Waals surface area (Å²) >= 11 is 0. The Balaban J connectivity index is 1.30. The average Bonchev–Trinajstić information content (AvgIpc) is 3.08. The summed E-state index contributed by atoms with van der Waals surface area (Å²) in [5.41, 5.74) is 6.58. The smallest absolute Gasteiger partial charge is 0.231 e. The molecular weight excluding hydrogens is 340 g/mol. The van der Waals surface area contributed by atoms with Crippen LogP contribution in [0.15, 0.2) is 30.3 Å². The Morgan fingerprint density at radius 2 is 1.74 bits per heavy atom. The summed E-state index contributed by atoms with van der Waals surface area (Å²) in [4.78, 5) is 27.8. The predicted molar refractivity (Wildman–Crippen MR) is 106 cm³/mol. The third kappa shape index (κ3) is 6.63. The van der Waals surface area contributed by atoms with Crippen LogP contribution in [0.1, 0.15) is 37.7 Å². The fraction of sp³-hybridized carbons (Fsp3) is 0.619. The second-order valence-electron chi connectivity index (χ2n) is 8.00. The minimum Gasteiger partial charge on any atom is -0.369 e. The van der Waals surface area contributed by atoms with Gasteiger partial charge in [0.15, 0.2) is 0 Å². The topological polar surface area (TPSA) is 78.7 Å². The summed E-state index contributed by atoms with van der Waals surface area (Å²) in [6.07, 6.45) is 4.68. The lowest BCUT2D eigenvalue weighted by Gasteiger charge is -2.31. The van der Waals surface area contributed by atoms with Crippen LogP contribution in [0.4, 0.5) is 0 Å². The van der Waals surface area contributed by atoms with Crippen LogP contribution in [0.3, 0.4) is 0 Å². The maximum atomic E-state index is 12.3. The molecule has 1 atom stereocenters. The molecule has 3 N–H and O–H groups in total. The molecule has 0 aliphatic carbocycles. The Morgan fingerprint density at radius 1 is 1.04 bits per heavy atom. The van der Waals surface area contributed by atoms with E-state index in [2.05, 4.69) is 39.4 Å². The van der Waals surface area contributed by atoms with Gasteiger partial charge >= 0.3 is 0 Å². The lowest BCUT2D eigenvalue weighted by molar-refractivity contribution is -0.122. The predicted octanol–water partition coefficient (Wildman–Crippen LogP) is 1.35. The third-order valence-corrected chi connectivity index (χ3v) is 5.75. The first-order valence-corrected chi connectivity index (χ1v) is 10.1. The molecule has 3 rings (SSSR count). The number of primary amides is 1. The molecule has 148 valence electrons. The van der Waals surface area contributed by atoms with Crippen molar-refractivity contribution in [1.29, 1.82) is 0 Å². The largest absolute Gasteiger partial charge is 0.369 e. The molecule has 0 unspecified atom stereocenters. The van der Waals surface area contributed by atoms with Gasteiger partial charge in [-0.15, -0.1) is 0 Å². The number of benzene rings is 1. The maximum Gasteiger partial charge on any atom is 0.231 e. The zero-order chi connectivity index (χ0) is 19.1. The van der Waals surface area contributed by atoms with Gasteiger partial charge in [-0.1, -0.05) is 30.3 Å². The summed E-state index contributed by atoms with van der Waals surface area (Å²) in [7, 11) is 0. The maximum absolute atomic E-state index is 12.3. The van der Waals surface area contributed by atoms with Gasteiger partial charge in [0, 0.05) is 32.1 Å². The van der Waals surface area contributed by atoms with Gasteiger partial charge in [-0.3, -0.25) is 19.4 Å². The molecule has 2 saturated heterocycles. The molecule has 2 aliphatic rings. The van der Waals surface area contributed by atoms with Crippen LogP contribution in [-0.4, -0.2) is 60.4 Å². The Morgan fingerprint density at radius 3 is 2.44 bits per heavy atom. The van der Waals surface area contributed by atoms with Gasteiger partial charge < -0.3 is 11.1 Å². The van der Waals surface area contributed by atoms with Crippen LogP contribution in [0.25, 0.3) is 0 Å². The Hall–Kier alpha value is -1.92. The number of carbonyl (C=O) groups excluding carboxylic acids is 2. The monoisotopic (exact) mass is 372 g/mol. The molecule has 1 aromatic rings. The van der Waals surface area contributed by atoms with Gasteiger partial charge in [-0.25, -0.2) is 0 Å². The van der Waals surface area contributed by atoms with Crippen molar-refractivity contribution < 1.29 is 9.59 Å². The van der Waals surface area contributed by atoms with Crippen molar-refractivity contribution in [2.24, 2.45) is 11.7 Å². The van der Waals surface area contributed by atoms with Crippen LogP contribution in [-0.2, 0) is 16.1 Å². The van der Waals surface area contributed by atoms with E-state index in [-0.39, 0.29) is 17.9 Å². The molecule has 1 aromatic carbocycles. The molecule has 0 aromatic heterocycles. The number of amides is 2. The number of hydrogen-bond acceptors (Lipinski definition) is 4. The molecule has 0 bridgehead atoms. The summed E-state index contributed by atoms with van der Waals surface area (Å²) in [5.74, 6) is 0.504. The van der Waals surface area contributed by atoms with E-state index in [9.17, 15) is 9.59 Å². The lowest BCUT2D eigenvalue weighted by Crippen LogP contribution is -2.40. The van der Waals surface area contributed by atoms with Crippen LogP contribution < -0.4 is 11.1 Å². The van der Waals surface area contributed by atoms with Gasteiger partial charge in [-0.05, 0) is 50.3 Å². The normalized spacial score (nSPS) is 22.0. The fourth-order valence-corrected chi connectivity index (χ4v) is 4.22. The highest BCUT2D eigenvalue weighted by Gasteiger charge is 2.25. The Labute approximate surface area is 162 Å². The molecule has 0 radical (unpaired) electrons. The molecule has 6 nitrogen and oxygen atoms in total. The SMILES string of the molecule is NC(=O)CN1CCC(CCC(=O)N[C@@H]2CCN(Cc3ccccc3)C2)CC1. The zero-order valence-corrected chi connectivity index (χ0v) is 16.1. The summed E-state index contributed by atoms with van der Waals surface area (Å²) in [6.45, 7) is 5.11. The first kappa shape index (κ1) is 19.8. The van der Waals surface area contributed by atoms with E-state index in [1.807, 2.05) is 6.07 Å². The minimum absolute atomic E-state index is 0.182. The summed E-state index contributed by atoms with van der Waals surface area (Å²) in [6, 6.07) is 10.8. The van der Waals surface area contributed by atoms with Crippen molar-refractivity contribution in [2.45, 2.75) is 44.7 Å².